The van der Waals surface area contributed by atoms with Gasteiger partial charge in [-0.1, -0.05) is 6.07 Å². The minimum atomic E-state index is -0.451. The molecule has 24 heavy (non-hydrogen) atoms. The van der Waals surface area contributed by atoms with Crippen LogP contribution in [0.15, 0.2) is 29.4 Å². The summed E-state index contributed by atoms with van der Waals surface area (Å²) in [4.78, 5) is 14.9. The van der Waals surface area contributed by atoms with Gasteiger partial charge in [0.15, 0.2) is 11.6 Å². The van der Waals surface area contributed by atoms with Crippen molar-refractivity contribution >= 4 is 23.7 Å². The molecule has 2 unspecified atom stereocenters. The molecule has 2 N–H and O–H groups in total. The third kappa shape index (κ3) is 2.24. The Labute approximate surface area is 138 Å². The van der Waals surface area contributed by atoms with Crippen molar-refractivity contribution in [1.82, 2.24) is 15.3 Å². The number of anilines is 3. The van der Waals surface area contributed by atoms with Gasteiger partial charge in [0.05, 0.1) is 12.7 Å². The maximum atomic E-state index is 14.1. The van der Waals surface area contributed by atoms with Crippen LogP contribution in [0.1, 0.15) is 11.1 Å². The lowest BCUT2D eigenvalue weighted by molar-refractivity contribution is 0.297. The zero-order valence-electron chi connectivity index (χ0n) is 13.0. The highest BCUT2D eigenvalue weighted by molar-refractivity contribution is 5.86. The third-order valence-corrected chi connectivity index (χ3v) is 5.00. The average molecular weight is 324 g/mol. The Kier molecular flexibility index (Phi) is 3.02. The van der Waals surface area contributed by atoms with Crippen molar-refractivity contribution in [2.45, 2.75) is 12.6 Å². The van der Waals surface area contributed by atoms with Crippen LogP contribution in [0.3, 0.4) is 0 Å². The van der Waals surface area contributed by atoms with Crippen LogP contribution in [0.5, 0.6) is 0 Å². The van der Waals surface area contributed by atoms with Crippen LogP contribution < -0.4 is 15.5 Å². The Bertz CT molecular complexity index is 824. The van der Waals surface area contributed by atoms with E-state index in [4.69, 9.17) is 0 Å². The van der Waals surface area contributed by atoms with E-state index in [9.17, 15) is 4.39 Å². The van der Waals surface area contributed by atoms with Gasteiger partial charge in [0.25, 0.3) is 0 Å². The van der Waals surface area contributed by atoms with Gasteiger partial charge in [-0.3, -0.25) is 4.99 Å². The van der Waals surface area contributed by atoms with Crippen molar-refractivity contribution in [2.24, 2.45) is 10.9 Å². The van der Waals surface area contributed by atoms with Crippen LogP contribution >= 0.6 is 0 Å². The lowest BCUT2D eigenvalue weighted by Crippen LogP contribution is -2.51. The summed E-state index contributed by atoms with van der Waals surface area (Å²) in [7, 11) is 0. The SMILES string of the molecule is Fc1cnc(N2CC3CNC3C2)nc1Nc1ccc2c(c1)C=NC2. The largest absolute Gasteiger partial charge is 0.339 e. The fourth-order valence-electron chi connectivity index (χ4n) is 3.53. The highest BCUT2D eigenvalue weighted by Crippen LogP contribution is 2.28. The Morgan fingerprint density at radius 2 is 2.25 bits per heavy atom. The maximum absolute atomic E-state index is 14.1. The van der Waals surface area contributed by atoms with Crippen molar-refractivity contribution in [3.8, 4) is 0 Å². The molecule has 2 saturated heterocycles. The molecule has 5 rings (SSSR count). The minimum Gasteiger partial charge on any atom is -0.339 e. The summed E-state index contributed by atoms with van der Waals surface area (Å²) < 4.78 is 14.1. The van der Waals surface area contributed by atoms with E-state index in [1.165, 1.54) is 11.8 Å². The van der Waals surface area contributed by atoms with Gasteiger partial charge < -0.3 is 15.5 Å². The number of halogens is 1. The summed E-state index contributed by atoms with van der Waals surface area (Å²) in [6, 6.07) is 6.42. The first kappa shape index (κ1) is 13.9. The van der Waals surface area contributed by atoms with Crippen molar-refractivity contribution in [3.63, 3.8) is 0 Å². The monoisotopic (exact) mass is 324 g/mol. The number of aromatic nitrogens is 2. The Hall–Kier alpha value is -2.54. The van der Waals surface area contributed by atoms with Gasteiger partial charge in [0.1, 0.15) is 0 Å². The van der Waals surface area contributed by atoms with Crippen molar-refractivity contribution in [2.75, 3.05) is 29.9 Å². The quantitative estimate of drug-likeness (QED) is 0.900. The van der Waals surface area contributed by atoms with Crippen LogP contribution in [0.25, 0.3) is 0 Å². The van der Waals surface area contributed by atoms with Gasteiger partial charge in [0, 0.05) is 43.5 Å². The average Bonchev–Trinajstić information content (AvgIpc) is 3.14. The zero-order chi connectivity index (χ0) is 16.1. The highest BCUT2D eigenvalue weighted by Gasteiger charge is 2.40. The number of rotatable bonds is 3. The normalized spacial score (nSPS) is 23.8. The van der Waals surface area contributed by atoms with Crippen molar-refractivity contribution < 1.29 is 4.39 Å². The number of nitrogens with zero attached hydrogens (tertiary/aromatic N) is 4. The molecule has 0 amide bonds. The molecule has 2 aromatic rings. The lowest BCUT2D eigenvalue weighted by Gasteiger charge is -2.29. The molecule has 0 saturated carbocycles. The molecule has 122 valence electrons. The summed E-state index contributed by atoms with van der Waals surface area (Å²) in [5, 5.41) is 6.47. The molecule has 0 spiro atoms. The zero-order valence-corrected chi connectivity index (χ0v) is 13.0. The van der Waals surface area contributed by atoms with Gasteiger partial charge in [-0.25, -0.2) is 9.37 Å². The first-order valence-electron chi connectivity index (χ1n) is 8.17. The minimum absolute atomic E-state index is 0.210. The number of benzene rings is 1. The first-order chi connectivity index (χ1) is 11.8. The summed E-state index contributed by atoms with van der Waals surface area (Å²) in [5.74, 6) is 0.999. The molecule has 1 aromatic carbocycles. The molecule has 0 bridgehead atoms. The second-order valence-corrected chi connectivity index (χ2v) is 6.55. The molecule has 4 heterocycles. The van der Waals surface area contributed by atoms with Crippen LogP contribution in [0.4, 0.5) is 21.8 Å². The number of fused-ring (bicyclic) bond motifs is 2. The summed E-state index contributed by atoms with van der Waals surface area (Å²) in [6.07, 6.45) is 3.09. The predicted molar refractivity (Wildman–Crippen MR) is 90.5 cm³/mol. The summed E-state index contributed by atoms with van der Waals surface area (Å²) in [5.41, 5.74) is 3.05. The molecule has 7 heteroatoms. The number of hydrogen-bond acceptors (Lipinski definition) is 6. The Balaban J connectivity index is 1.41. The fraction of sp³-hybridized carbons (Fsp3) is 0.353. The van der Waals surface area contributed by atoms with Gasteiger partial charge in [-0.15, -0.1) is 0 Å². The van der Waals surface area contributed by atoms with E-state index < -0.39 is 5.82 Å². The topological polar surface area (TPSA) is 65.4 Å². The highest BCUT2D eigenvalue weighted by atomic mass is 19.1. The molecule has 2 fully saturated rings. The fourth-order valence-corrected chi connectivity index (χ4v) is 3.53. The Morgan fingerprint density at radius 1 is 1.29 bits per heavy atom. The van der Waals surface area contributed by atoms with E-state index in [0.717, 1.165) is 30.9 Å². The molecule has 1 aromatic heterocycles. The number of hydrogen-bond donors (Lipinski definition) is 2. The number of aliphatic imine (C=N–C) groups is 1. The number of nitrogens with one attached hydrogen (secondary N) is 2. The van der Waals surface area contributed by atoms with Gasteiger partial charge >= 0.3 is 0 Å². The van der Waals surface area contributed by atoms with Crippen LogP contribution in [0.2, 0.25) is 0 Å². The summed E-state index contributed by atoms with van der Waals surface area (Å²) >= 11 is 0. The maximum Gasteiger partial charge on any atom is 0.227 e. The molecule has 2 atom stereocenters. The van der Waals surface area contributed by atoms with E-state index in [1.807, 2.05) is 24.4 Å². The Morgan fingerprint density at radius 3 is 3.04 bits per heavy atom. The molecule has 3 aliphatic rings. The predicted octanol–water partition coefficient (Wildman–Crippen LogP) is 1.70. The second-order valence-electron chi connectivity index (χ2n) is 6.55. The van der Waals surface area contributed by atoms with Gasteiger partial charge in [-0.05, 0) is 23.3 Å². The lowest BCUT2D eigenvalue weighted by atomic mass is 9.96. The van der Waals surface area contributed by atoms with Gasteiger partial charge in [0.2, 0.25) is 5.95 Å². The van der Waals surface area contributed by atoms with E-state index in [1.54, 1.807) is 0 Å². The van der Waals surface area contributed by atoms with Crippen molar-refractivity contribution in [3.05, 3.63) is 41.3 Å². The van der Waals surface area contributed by atoms with Crippen molar-refractivity contribution in [1.29, 1.82) is 0 Å². The smallest absolute Gasteiger partial charge is 0.227 e. The molecule has 3 aliphatic heterocycles. The summed E-state index contributed by atoms with van der Waals surface area (Å²) in [6.45, 7) is 3.57. The van der Waals surface area contributed by atoms with Crippen LogP contribution in [0, 0.1) is 11.7 Å². The van der Waals surface area contributed by atoms with Crippen LogP contribution in [-0.4, -0.2) is 41.9 Å². The van der Waals surface area contributed by atoms with E-state index >= 15 is 0 Å². The second kappa shape index (κ2) is 5.24. The van der Waals surface area contributed by atoms with E-state index in [-0.39, 0.29) is 5.82 Å². The standard InChI is InChI=1S/C17H17FN6/c18-14-7-21-17(24-8-12-6-20-15(12)9-24)23-16(14)22-13-2-1-10-4-19-5-11(10)3-13/h1-3,5,7,12,15,20H,4,6,8-9H2,(H,21,22,23). The third-order valence-electron chi connectivity index (χ3n) is 5.00. The first-order valence-corrected chi connectivity index (χ1v) is 8.17. The van der Waals surface area contributed by atoms with Gasteiger partial charge in [-0.2, -0.15) is 4.98 Å². The molecule has 0 radical (unpaired) electrons. The van der Waals surface area contributed by atoms with E-state index in [2.05, 4.69) is 30.5 Å². The van der Waals surface area contributed by atoms with E-state index in [0.29, 0.717) is 24.5 Å². The molecular formula is C17H17FN6. The van der Waals surface area contributed by atoms with Crippen LogP contribution in [-0.2, 0) is 6.54 Å². The molecule has 0 aliphatic carbocycles. The molecule has 6 nitrogen and oxygen atoms in total. The molecular weight excluding hydrogens is 307 g/mol.